The van der Waals surface area contributed by atoms with Crippen molar-refractivity contribution in [1.29, 1.82) is 0 Å². The number of rotatable bonds is 8. The Morgan fingerprint density at radius 3 is 2.75 bits per heavy atom. The molecule has 2 unspecified atom stereocenters. The zero-order chi connectivity index (χ0) is 15.1. The van der Waals surface area contributed by atoms with E-state index in [1.165, 1.54) is 5.56 Å². The summed E-state index contributed by atoms with van der Waals surface area (Å²) in [5.41, 5.74) is 2.34. The Morgan fingerprint density at radius 1 is 1.45 bits per heavy atom. The second kappa shape index (κ2) is 8.62. The van der Waals surface area contributed by atoms with Crippen molar-refractivity contribution >= 4 is 21.6 Å². The molecule has 4 nitrogen and oxygen atoms in total. The summed E-state index contributed by atoms with van der Waals surface area (Å²) in [4.78, 5) is 2.07. The molecule has 20 heavy (non-hydrogen) atoms. The molecule has 0 saturated carbocycles. The van der Waals surface area contributed by atoms with Gasteiger partial charge in [0.1, 0.15) is 0 Å². The van der Waals surface area contributed by atoms with Crippen LogP contribution >= 0.6 is 15.9 Å². The van der Waals surface area contributed by atoms with E-state index in [0.717, 1.165) is 16.7 Å². The third kappa shape index (κ3) is 5.05. The van der Waals surface area contributed by atoms with E-state index in [0.29, 0.717) is 13.2 Å². The molecule has 2 N–H and O–H groups in total. The van der Waals surface area contributed by atoms with E-state index in [-0.39, 0.29) is 6.04 Å². The highest BCUT2D eigenvalue weighted by Gasteiger charge is 2.15. The highest BCUT2D eigenvalue weighted by molar-refractivity contribution is 9.10. The van der Waals surface area contributed by atoms with E-state index in [2.05, 4.69) is 52.1 Å². The summed E-state index contributed by atoms with van der Waals surface area (Å²) in [6.07, 6.45) is -0.490. The van der Waals surface area contributed by atoms with Crippen LogP contribution < -0.4 is 10.2 Å². The van der Waals surface area contributed by atoms with Gasteiger partial charge in [0.2, 0.25) is 0 Å². The maximum absolute atomic E-state index is 9.88. The number of nitrogens with one attached hydrogen (secondary N) is 1. The molecule has 1 aromatic carbocycles. The minimum Gasteiger partial charge on any atom is -0.389 e. The summed E-state index contributed by atoms with van der Waals surface area (Å²) in [6.45, 7) is 6.05. The molecule has 0 fully saturated rings. The van der Waals surface area contributed by atoms with Crippen molar-refractivity contribution in [1.82, 2.24) is 5.32 Å². The van der Waals surface area contributed by atoms with Gasteiger partial charge in [-0.1, -0.05) is 22.9 Å². The lowest BCUT2D eigenvalue weighted by atomic mass is 10.0. The Bertz CT molecular complexity index is 415. The van der Waals surface area contributed by atoms with E-state index < -0.39 is 6.10 Å². The number of benzene rings is 1. The third-order valence-electron chi connectivity index (χ3n) is 3.22. The van der Waals surface area contributed by atoms with Gasteiger partial charge in [0, 0.05) is 36.9 Å². The van der Waals surface area contributed by atoms with Crippen molar-refractivity contribution < 1.29 is 9.84 Å². The van der Waals surface area contributed by atoms with Gasteiger partial charge >= 0.3 is 0 Å². The number of hydrogen-bond acceptors (Lipinski definition) is 4. The molecule has 0 radical (unpaired) electrons. The van der Waals surface area contributed by atoms with Crippen LogP contribution in [0.25, 0.3) is 0 Å². The normalized spacial score (nSPS) is 14.1. The third-order valence-corrected chi connectivity index (χ3v) is 3.71. The van der Waals surface area contributed by atoms with Crippen molar-refractivity contribution in [2.75, 3.05) is 38.8 Å². The molecule has 0 aliphatic heterocycles. The smallest absolute Gasteiger partial charge is 0.0947 e. The first-order chi connectivity index (χ1) is 9.49. The van der Waals surface area contributed by atoms with Crippen LogP contribution in [0.4, 0.5) is 5.69 Å². The molecule has 0 aliphatic carbocycles. The van der Waals surface area contributed by atoms with Crippen LogP contribution in [0.3, 0.4) is 0 Å². The number of ether oxygens (including phenoxy) is 1. The first-order valence-electron chi connectivity index (χ1n) is 6.90. The van der Waals surface area contributed by atoms with Gasteiger partial charge in [0.05, 0.1) is 12.7 Å². The standard InChI is InChI=1S/C15H25BrN2O2/c1-5-17-11(2)14-8-12(16)6-7-15(14)18(3)9-13(19)10-20-4/h6-8,11,13,17,19H,5,9-10H2,1-4H3. The van der Waals surface area contributed by atoms with E-state index in [9.17, 15) is 5.11 Å². The molecule has 0 aromatic heterocycles. The lowest BCUT2D eigenvalue weighted by Gasteiger charge is -2.27. The number of likely N-dealkylation sites (N-methyl/N-ethyl adjacent to an activating group) is 1. The molecule has 0 aliphatic rings. The summed E-state index contributed by atoms with van der Waals surface area (Å²) in [6, 6.07) is 6.49. The molecule has 0 amide bonds. The molecule has 0 saturated heterocycles. The minimum atomic E-state index is -0.490. The fourth-order valence-corrected chi connectivity index (χ4v) is 2.67. The average Bonchev–Trinajstić information content (AvgIpc) is 2.38. The summed E-state index contributed by atoms with van der Waals surface area (Å²) >= 11 is 3.52. The monoisotopic (exact) mass is 344 g/mol. The summed E-state index contributed by atoms with van der Waals surface area (Å²) in [5, 5.41) is 13.3. The first-order valence-corrected chi connectivity index (χ1v) is 7.69. The molecule has 1 rings (SSSR count). The first kappa shape index (κ1) is 17.4. The van der Waals surface area contributed by atoms with E-state index in [1.54, 1.807) is 7.11 Å². The van der Waals surface area contributed by atoms with Gasteiger partial charge in [0.15, 0.2) is 0 Å². The Labute approximate surface area is 130 Å². The van der Waals surface area contributed by atoms with Crippen LogP contribution in [0.5, 0.6) is 0 Å². The summed E-state index contributed by atoms with van der Waals surface area (Å²) in [5.74, 6) is 0. The number of methoxy groups -OCH3 is 1. The fourth-order valence-electron chi connectivity index (χ4n) is 2.30. The number of aliphatic hydroxyl groups is 1. The molecule has 114 valence electrons. The summed E-state index contributed by atoms with van der Waals surface area (Å²) < 4.78 is 6.04. The van der Waals surface area contributed by atoms with Crippen LogP contribution in [0.15, 0.2) is 22.7 Å². The number of halogens is 1. The van der Waals surface area contributed by atoms with Gasteiger partial charge < -0.3 is 20.1 Å². The van der Waals surface area contributed by atoms with Gasteiger partial charge in [-0.2, -0.15) is 0 Å². The zero-order valence-corrected chi connectivity index (χ0v) is 14.3. The van der Waals surface area contributed by atoms with Crippen LogP contribution in [-0.2, 0) is 4.74 Å². The quantitative estimate of drug-likeness (QED) is 0.760. The van der Waals surface area contributed by atoms with E-state index in [4.69, 9.17) is 4.74 Å². The lowest BCUT2D eigenvalue weighted by molar-refractivity contribution is 0.0695. The van der Waals surface area contributed by atoms with Gasteiger partial charge in [-0.15, -0.1) is 0 Å². The van der Waals surface area contributed by atoms with E-state index >= 15 is 0 Å². The molecule has 0 bridgehead atoms. The van der Waals surface area contributed by atoms with Crippen LogP contribution in [0.1, 0.15) is 25.5 Å². The second-order valence-electron chi connectivity index (χ2n) is 4.97. The molecule has 1 aromatic rings. The minimum absolute atomic E-state index is 0.259. The SMILES string of the molecule is CCNC(C)c1cc(Br)ccc1N(C)CC(O)COC. The number of anilines is 1. The van der Waals surface area contributed by atoms with Gasteiger partial charge in [-0.05, 0) is 37.2 Å². The van der Waals surface area contributed by atoms with Gasteiger partial charge in [-0.25, -0.2) is 0 Å². The molecule has 5 heteroatoms. The number of aliphatic hydroxyl groups excluding tert-OH is 1. The highest BCUT2D eigenvalue weighted by atomic mass is 79.9. The van der Waals surface area contributed by atoms with Crippen molar-refractivity contribution in [2.24, 2.45) is 0 Å². The maximum Gasteiger partial charge on any atom is 0.0947 e. The largest absolute Gasteiger partial charge is 0.389 e. The fraction of sp³-hybridized carbons (Fsp3) is 0.600. The molecular weight excluding hydrogens is 320 g/mol. The average molecular weight is 345 g/mol. The van der Waals surface area contributed by atoms with Crippen molar-refractivity contribution in [3.8, 4) is 0 Å². The molecule has 0 heterocycles. The van der Waals surface area contributed by atoms with Crippen molar-refractivity contribution in [2.45, 2.75) is 26.0 Å². The van der Waals surface area contributed by atoms with Gasteiger partial charge in [-0.3, -0.25) is 0 Å². The topological polar surface area (TPSA) is 44.7 Å². The Kier molecular flexibility index (Phi) is 7.51. The number of nitrogens with zero attached hydrogens (tertiary/aromatic N) is 1. The van der Waals surface area contributed by atoms with Crippen molar-refractivity contribution in [3.05, 3.63) is 28.2 Å². The van der Waals surface area contributed by atoms with Crippen LogP contribution in [-0.4, -0.2) is 45.1 Å². The summed E-state index contributed by atoms with van der Waals surface area (Å²) in [7, 11) is 3.59. The van der Waals surface area contributed by atoms with Crippen LogP contribution in [0.2, 0.25) is 0 Å². The van der Waals surface area contributed by atoms with Crippen LogP contribution in [0, 0.1) is 0 Å². The molecule has 0 spiro atoms. The second-order valence-corrected chi connectivity index (χ2v) is 5.89. The maximum atomic E-state index is 9.88. The molecule has 2 atom stereocenters. The Balaban J connectivity index is 2.92. The Hall–Kier alpha value is -0.620. The Morgan fingerprint density at radius 2 is 2.15 bits per heavy atom. The molecular formula is C15H25BrN2O2. The van der Waals surface area contributed by atoms with Crippen molar-refractivity contribution in [3.63, 3.8) is 0 Å². The number of hydrogen-bond donors (Lipinski definition) is 2. The van der Waals surface area contributed by atoms with E-state index in [1.807, 2.05) is 13.1 Å². The van der Waals surface area contributed by atoms with Gasteiger partial charge in [0.25, 0.3) is 0 Å². The lowest BCUT2D eigenvalue weighted by Crippen LogP contribution is -2.33. The highest BCUT2D eigenvalue weighted by Crippen LogP contribution is 2.29. The predicted molar refractivity (Wildman–Crippen MR) is 87.4 cm³/mol. The zero-order valence-electron chi connectivity index (χ0n) is 12.7. The predicted octanol–water partition coefficient (Wildman–Crippen LogP) is 2.56.